The van der Waals surface area contributed by atoms with Gasteiger partial charge >= 0.3 is 5.76 Å². The first-order chi connectivity index (χ1) is 9.72. The standard InChI is InChI=1S/C15H12N2O3/c1-10-6-8-11(9-7-10)19-13-5-3-2-4-12(13)14-16-15(18)20-17-14/h2-9H,1H3,(H,16,17,18). The summed E-state index contributed by atoms with van der Waals surface area (Å²) in [4.78, 5) is 13.6. The van der Waals surface area contributed by atoms with Crippen molar-refractivity contribution in [3.05, 3.63) is 64.6 Å². The highest BCUT2D eigenvalue weighted by Crippen LogP contribution is 2.30. The number of aryl methyl sites for hydroxylation is 1. The summed E-state index contributed by atoms with van der Waals surface area (Å²) >= 11 is 0. The van der Waals surface area contributed by atoms with Gasteiger partial charge in [-0.3, -0.25) is 9.51 Å². The summed E-state index contributed by atoms with van der Waals surface area (Å²) in [5.41, 5.74) is 1.82. The second kappa shape index (κ2) is 5.05. The number of nitrogens with one attached hydrogen (secondary N) is 1. The molecule has 0 radical (unpaired) electrons. The number of H-pyrrole nitrogens is 1. The molecule has 0 saturated carbocycles. The zero-order chi connectivity index (χ0) is 13.9. The molecule has 5 heteroatoms. The van der Waals surface area contributed by atoms with Crippen molar-refractivity contribution in [1.82, 2.24) is 10.1 Å². The number of ether oxygens (including phenoxy) is 1. The van der Waals surface area contributed by atoms with Gasteiger partial charge in [-0.15, -0.1) is 0 Å². The molecular formula is C15H12N2O3. The number of aromatic nitrogens is 2. The molecule has 1 aromatic heterocycles. The van der Waals surface area contributed by atoms with E-state index in [0.717, 1.165) is 5.56 Å². The van der Waals surface area contributed by atoms with E-state index in [4.69, 9.17) is 4.74 Å². The Morgan fingerprint density at radius 1 is 1.10 bits per heavy atom. The van der Waals surface area contributed by atoms with E-state index in [2.05, 4.69) is 14.7 Å². The monoisotopic (exact) mass is 268 g/mol. The summed E-state index contributed by atoms with van der Waals surface area (Å²) < 4.78 is 10.3. The van der Waals surface area contributed by atoms with Crippen LogP contribution in [0.15, 0.2) is 57.8 Å². The molecule has 0 aliphatic carbocycles. The summed E-state index contributed by atoms with van der Waals surface area (Å²) in [6.07, 6.45) is 0. The number of para-hydroxylation sites is 1. The molecule has 0 bridgehead atoms. The van der Waals surface area contributed by atoms with Gasteiger partial charge in [0.15, 0.2) is 5.82 Å². The van der Waals surface area contributed by atoms with Crippen LogP contribution in [-0.2, 0) is 0 Å². The minimum absolute atomic E-state index is 0.345. The van der Waals surface area contributed by atoms with Crippen molar-refractivity contribution in [3.63, 3.8) is 0 Å². The summed E-state index contributed by atoms with van der Waals surface area (Å²) in [5, 5.41) is 3.68. The fourth-order valence-electron chi connectivity index (χ4n) is 1.83. The molecule has 20 heavy (non-hydrogen) atoms. The molecule has 3 rings (SSSR count). The smallest absolute Gasteiger partial charge is 0.439 e. The van der Waals surface area contributed by atoms with Crippen LogP contribution in [0.3, 0.4) is 0 Å². The summed E-state index contributed by atoms with van der Waals surface area (Å²) in [7, 11) is 0. The highest BCUT2D eigenvalue weighted by molar-refractivity contribution is 5.64. The Kier molecular flexibility index (Phi) is 3.09. The van der Waals surface area contributed by atoms with Gasteiger partial charge in [0, 0.05) is 0 Å². The van der Waals surface area contributed by atoms with Crippen molar-refractivity contribution in [3.8, 4) is 22.9 Å². The molecule has 0 atom stereocenters. The van der Waals surface area contributed by atoms with Crippen molar-refractivity contribution in [2.45, 2.75) is 6.92 Å². The lowest BCUT2D eigenvalue weighted by atomic mass is 10.2. The van der Waals surface area contributed by atoms with Crippen LogP contribution in [0.4, 0.5) is 0 Å². The molecule has 1 N–H and O–H groups in total. The van der Waals surface area contributed by atoms with E-state index in [1.54, 1.807) is 6.07 Å². The molecule has 0 aliphatic heterocycles. The first kappa shape index (κ1) is 12.2. The van der Waals surface area contributed by atoms with E-state index in [-0.39, 0.29) is 0 Å². The molecule has 0 fully saturated rings. The molecule has 5 nitrogen and oxygen atoms in total. The quantitative estimate of drug-likeness (QED) is 0.792. The van der Waals surface area contributed by atoms with Crippen LogP contribution >= 0.6 is 0 Å². The van der Waals surface area contributed by atoms with Crippen LogP contribution in [-0.4, -0.2) is 10.1 Å². The lowest BCUT2D eigenvalue weighted by molar-refractivity contribution is 0.387. The Morgan fingerprint density at radius 3 is 2.55 bits per heavy atom. The van der Waals surface area contributed by atoms with Gasteiger partial charge in [0.05, 0.1) is 5.56 Å². The van der Waals surface area contributed by atoms with Gasteiger partial charge in [-0.25, -0.2) is 4.79 Å². The zero-order valence-corrected chi connectivity index (χ0v) is 10.8. The second-order valence-electron chi connectivity index (χ2n) is 4.35. The predicted molar refractivity (Wildman–Crippen MR) is 73.8 cm³/mol. The number of benzene rings is 2. The van der Waals surface area contributed by atoms with Gasteiger partial charge in [-0.1, -0.05) is 35.0 Å². The van der Waals surface area contributed by atoms with Crippen LogP contribution in [0, 0.1) is 6.92 Å². The van der Waals surface area contributed by atoms with Crippen molar-refractivity contribution in [1.29, 1.82) is 0 Å². The summed E-state index contributed by atoms with van der Waals surface area (Å²) in [5.74, 6) is 1.07. The summed E-state index contributed by atoms with van der Waals surface area (Å²) in [6.45, 7) is 2.01. The number of nitrogens with zero attached hydrogens (tertiary/aromatic N) is 1. The number of rotatable bonds is 3. The molecule has 100 valence electrons. The van der Waals surface area contributed by atoms with Gasteiger partial charge in [-0.05, 0) is 31.2 Å². The third-order valence-electron chi connectivity index (χ3n) is 2.83. The highest BCUT2D eigenvalue weighted by Gasteiger charge is 2.11. The molecule has 0 unspecified atom stereocenters. The van der Waals surface area contributed by atoms with Crippen LogP contribution < -0.4 is 10.5 Å². The molecule has 0 amide bonds. The third kappa shape index (κ3) is 2.47. The molecule has 0 spiro atoms. The van der Waals surface area contributed by atoms with Gasteiger partial charge in [0.1, 0.15) is 11.5 Å². The van der Waals surface area contributed by atoms with Gasteiger partial charge in [-0.2, -0.15) is 0 Å². The first-order valence-corrected chi connectivity index (χ1v) is 6.12. The normalized spacial score (nSPS) is 10.4. The third-order valence-corrected chi connectivity index (χ3v) is 2.83. The first-order valence-electron chi connectivity index (χ1n) is 6.12. The lowest BCUT2D eigenvalue weighted by Crippen LogP contribution is -1.95. The van der Waals surface area contributed by atoms with Crippen molar-refractivity contribution >= 4 is 0 Å². The van der Waals surface area contributed by atoms with Crippen molar-refractivity contribution in [2.24, 2.45) is 0 Å². The zero-order valence-electron chi connectivity index (χ0n) is 10.8. The second-order valence-corrected chi connectivity index (χ2v) is 4.35. The van der Waals surface area contributed by atoms with E-state index in [1.807, 2.05) is 49.4 Å². The average Bonchev–Trinajstić information content (AvgIpc) is 2.88. The van der Waals surface area contributed by atoms with Crippen molar-refractivity contribution < 1.29 is 9.26 Å². The topological polar surface area (TPSA) is 68.1 Å². The highest BCUT2D eigenvalue weighted by atomic mass is 16.5. The Bertz CT molecular complexity index is 772. The SMILES string of the molecule is Cc1ccc(Oc2ccccc2-c2noc(=O)[nH]2)cc1. The molecule has 3 aromatic rings. The Balaban J connectivity index is 1.98. The Hall–Kier alpha value is -2.82. The van der Waals surface area contributed by atoms with Crippen LogP contribution in [0.5, 0.6) is 11.5 Å². The molecule has 2 aromatic carbocycles. The van der Waals surface area contributed by atoms with E-state index >= 15 is 0 Å². The number of hydrogen-bond donors (Lipinski definition) is 1. The average molecular weight is 268 g/mol. The van der Waals surface area contributed by atoms with E-state index < -0.39 is 5.76 Å². The fraction of sp³-hybridized carbons (Fsp3) is 0.0667. The van der Waals surface area contributed by atoms with E-state index in [9.17, 15) is 4.79 Å². The van der Waals surface area contributed by atoms with E-state index in [0.29, 0.717) is 22.9 Å². The van der Waals surface area contributed by atoms with Crippen LogP contribution in [0.25, 0.3) is 11.4 Å². The molecular weight excluding hydrogens is 256 g/mol. The van der Waals surface area contributed by atoms with Crippen LogP contribution in [0.1, 0.15) is 5.56 Å². The van der Waals surface area contributed by atoms with Gasteiger partial charge in [0.2, 0.25) is 0 Å². The maximum atomic E-state index is 11.0. The van der Waals surface area contributed by atoms with Crippen LogP contribution in [0.2, 0.25) is 0 Å². The van der Waals surface area contributed by atoms with Gasteiger partial charge in [0.25, 0.3) is 0 Å². The van der Waals surface area contributed by atoms with Gasteiger partial charge < -0.3 is 4.74 Å². The molecule has 0 saturated heterocycles. The number of hydrogen-bond acceptors (Lipinski definition) is 4. The largest absolute Gasteiger partial charge is 0.457 e. The fourth-order valence-corrected chi connectivity index (χ4v) is 1.83. The molecule has 0 aliphatic rings. The Morgan fingerprint density at radius 2 is 1.85 bits per heavy atom. The molecule has 1 heterocycles. The van der Waals surface area contributed by atoms with E-state index in [1.165, 1.54) is 0 Å². The minimum atomic E-state index is -0.592. The maximum absolute atomic E-state index is 11.0. The number of aromatic amines is 1. The predicted octanol–water partition coefficient (Wildman–Crippen LogP) is 3.13. The maximum Gasteiger partial charge on any atom is 0.439 e. The minimum Gasteiger partial charge on any atom is -0.457 e. The summed E-state index contributed by atoms with van der Waals surface area (Å²) in [6, 6.07) is 15.0. The lowest BCUT2D eigenvalue weighted by Gasteiger charge is -2.09. The Labute approximate surface area is 114 Å². The van der Waals surface area contributed by atoms with Crippen molar-refractivity contribution in [2.75, 3.05) is 0 Å².